The molecule has 28 heavy (non-hydrogen) atoms. The van der Waals surface area contributed by atoms with Gasteiger partial charge in [0, 0.05) is 37.5 Å². The van der Waals surface area contributed by atoms with E-state index in [0.29, 0.717) is 29.6 Å². The summed E-state index contributed by atoms with van der Waals surface area (Å²) >= 11 is 0. The van der Waals surface area contributed by atoms with E-state index in [2.05, 4.69) is 24.7 Å². The molecule has 3 aromatic heterocycles. The lowest BCUT2D eigenvalue weighted by molar-refractivity contribution is 0.394. The molecule has 0 bridgehead atoms. The molecule has 4 rings (SSSR count). The molecule has 0 unspecified atom stereocenters. The van der Waals surface area contributed by atoms with Gasteiger partial charge in [-0.1, -0.05) is 0 Å². The second kappa shape index (κ2) is 7.53. The van der Waals surface area contributed by atoms with E-state index in [-0.39, 0.29) is 0 Å². The minimum atomic E-state index is 0.540. The standard InChI is InChI=1S/C21H19N5O2/c1-14-8-16(22-2)10-25-21(14)26-7-6-19-15(13-26)9-18(12-23-19)28-17-4-5-20(27-3)24-11-17/h4-5,8-12H,6-7,13H2,1,3H3. The van der Waals surface area contributed by atoms with Crippen molar-refractivity contribution < 1.29 is 9.47 Å². The molecular weight excluding hydrogens is 354 g/mol. The largest absolute Gasteiger partial charge is 0.481 e. The topological polar surface area (TPSA) is 64.7 Å². The van der Waals surface area contributed by atoms with Crippen molar-refractivity contribution in [1.29, 1.82) is 0 Å². The van der Waals surface area contributed by atoms with Crippen LogP contribution in [0, 0.1) is 13.5 Å². The summed E-state index contributed by atoms with van der Waals surface area (Å²) < 4.78 is 11.0. The Morgan fingerprint density at radius 1 is 1.07 bits per heavy atom. The number of methoxy groups -OCH3 is 1. The second-order valence-electron chi connectivity index (χ2n) is 6.53. The van der Waals surface area contributed by atoms with Crippen LogP contribution in [0.1, 0.15) is 16.8 Å². The molecule has 0 N–H and O–H groups in total. The normalized spacial score (nSPS) is 12.8. The van der Waals surface area contributed by atoms with Crippen LogP contribution in [0.2, 0.25) is 0 Å². The Kier molecular flexibility index (Phi) is 4.77. The Morgan fingerprint density at radius 2 is 1.93 bits per heavy atom. The zero-order chi connectivity index (χ0) is 19.5. The summed E-state index contributed by atoms with van der Waals surface area (Å²) in [5.41, 5.74) is 3.75. The zero-order valence-electron chi connectivity index (χ0n) is 15.7. The third-order valence-electron chi connectivity index (χ3n) is 4.63. The number of nitrogens with zero attached hydrogens (tertiary/aromatic N) is 5. The maximum atomic E-state index is 7.13. The van der Waals surface area contributed by atoms with Gasteiger partial charge in [0.15, 0.2) is 0 Å². The van der Waals surface area contributed by atoms with Crippen molar-refractivity contribution in [3.63, 3.8) is 0 Å². The van der Waals surface area contributed by atoms with Crippen molar-refractivity contribution in [3.8, 4) is 17.4 Å². The van der Waals surface area contributed by atoms with Gasteiger partial charge in [0.1, 0.15) is 17.3 Å². The Bertz CT molecular complexity index is 1040. The van der Waals surface area contributed by atoms with Crippen molar-refractivity contribution in [3.05, 3.63) is 71.1 Å². The molecular formula is C21H19N5O2. The first kappa shape index (κ1) is 17.7. The van der Waals surface area contributed by atoms with E-state index >= 15 is 0 Å². The molecule has 3 aromatic rings. The minimum Gasteiger partial charge on any atom is -0.481 e. The van der Waals surface area contributed by atoms with Crippen LogP contribution in [-0.4, -0.2) is 28.6 Å². The number of fused-ring (bicyclic) bond motifs is 1. The highest BCUT2D eigenvalue weighted by Crippen LogP contribution is 2.29. The average molecular weight is 373 g/mol. The van der Waals surface area contributed by atoms with Gasteiger partial charge in [-0.25, -0.2) is 9.83 Å². The van der Waals surface area contributed by atoms with Crippen LogP contribution in [-0.2, 0) is 13.0 Å². The highest BCUT2D eigenvalue weighted by Gasteiger charge is 2.20. The predicted molar refractivity (Wildman–Crippen MR) is 105 cm³/mol. The van der Waals surface area contributed by atoms with E-state index in [1.165, 1.54) is 0 Å². The number of ether oxygens (including phenoxy) is 2. The number of aryl methyl sites for hydroxylation is 1. The SMILES string of the molecule is [C-]#[N+]c1cnc(N2CCc3ncc(Oc4ccc(OC)nc4)cc3C2)c(C)c1. The fourth-order valence-electron chi connectivity index (χ4n) is 3.27. The summed E-state index contributed by atoms with van der Waals surface area (Å²) in [5.74, 6) is 2.74. The molecule has 0 saturated heterocycles. The van der Waals surface area contributed by atoms with Gasteiger partial charge in [-0.15, -0.1) is 0 Å². The summed E-state index contributed by atoms with van der Waals surface area (Å²) in [4.78, 5) is 18.9. The highest BCUT2D eigenvalue weighted by atomic mass is 16.5. The van der Waals surface area contributed by atoms with Crippen LogP contribution in [0.3, 0.4) is 0 Å². The highest BCUT2D eigenvalue weighted by molar-refractivity contribution is 5.56. The van der Waals surface area contributed by atoms with Crippen LogP contribution in [0.25, 0.3) is 4.85 Å². The van der Waals surface area contributed by atoms with Crippen LogP contribution >= 0.6 is 0 Å². The molecule has 0 aromatic carbocycles. The van der Waals surface area contributed by atoms with Gasteiger partial charge < -0.3 is 14.4 Å². The molecule has 4 heterocycles. The van der Waals surface area contributed by atoms with Crippen molar-refractivity contribution >= 4 is 11.5 Å². The molecule has 1 aliphatic rings. The van der Waals surface area contributed by atoms with Crippen LogP contribution in [0.15, 0.2) is 42.9 Å². The smallest absolute Gasteiger partial charge is 0.213 e. The maximum absolute atomic E-state index is 7.13. The molecule has 0 amide bonds. The van der Waals surface area contributed by atoms with Gasteiger partial charge in [-0.3, -0.25) is 9.97 Å². The maximum Gasteiger partial charge on any atom is 0.213 e. The molecule has 0 fully saturated rings. The van der Waals surface area contributed by atoms with E-state index in [4.69, 9.17) is 16.0 Å². The Morgan fingerprint density at radius 3 is 2.64 bits per heavy atom. The molecule has 0 atom stereocenters. The summed E-state index contributed by atoms with van der Waals surface area (Å²) in [6, 6.07) is 7.45. The molecule has 7 heteroatoms. The van der Waals surface area contributed by atoms with Gasteiger partial charge in [-0.2, -0.15) is 0 Å². The first-order valence-electron chi connectivity index (χ1n) is 8.91. The third-order valence-corrected chi connectivity index (χ3v) is 4.63. The van der Waals surface area contributed by atoms with Gasteiger partial charge in [0.2, 0.25) is 11.6 Å². The first-order chi connectivity index (χ1) is 13.7. The second-order valence-corrected chi connectivity index (χ2v) is 6.53. The van der Waals surface area contributed by atoms with Crippen LogP contribution in [0.5, 0.6) is 17.4 Å². The molecule has 140 valence electrons. The van der Waals surface area contributed by atoms with Gasteiger partial charge >= 0.3 is 0 Å². The Balaban J connectivity index is 1.54. The van der Waals surface area contributed by atoms with E-state index in [9.17, 15) is 0 Å². The number of hydrogen-bond donors (Lipinski definition) is 0. The molecule has 0 spiro atoms. The van der Waals surface area contributed by atoms with Gasteiger partial charge in [0.05, 0.1) is 26.1 Å². The summed E-state index contributed by atoms with van der Waals surface area (Å²) in [6.07, 6.45) is 5.83. The van der Waals surface area contributed by atoms with Gasteiger partial charge in [0.25, 0.3) is 0 Å². The van der Waals surface area contributed by atoms with Crippen molar-refractivity contribution in [2.45, 2.75) is 19.9 Å². The fourth-order valence-corrected chi connectivity index (χ4v) is 3.27. The first-order valence-corrected chi connectivity index (χ1v) is 8.91. The lowest BCUT2D eigenvalue weighted by Crippen LogP contribution is -2.32. The predicted octanol–water partition coefficient (Wildman–Crippen LogP) is 4.09. The lowest BCUT2D eigenvalue weighted by atomic mass is 10.0. The monoisotopic (exact) mass is 373 g/mol. The quantitative estimate of drug-likeness (QED) is 0.642. The Labute approximate surface area is 163 Å². The van der Waals surface area contributed by atoms with Gasteiger partial charge in [-0.05, 0) is 36.2 Å². The van der Waals surface area contributed by atoms with Crippen molar-refractivity contribution in [2.75, 3.05) is 18.6 Å². The Hall–Kier alpha value is -3.66. The fraction of sp³-hybridized carbons (Fsp3) is 0.238. The number of hydrogen-bond acceptors (Lipinski definition) is 6. The zero-order valence-corrected chi connectivity index (χ0v) is 15.7. The molecule has 0 saturated carbocycles. The van der Waals surface area contributed by atoms with E-state index in [0.717, 1.165) is 35.6 Å². The summed E-state index contributed by atoms with van der Waals surface area (Å²) in [5, 5.41) is 0. The van der Waals surface area contributed by atoms with Crippen LogP contribution < -0.4 is 14.4 Å². The van der Waals surface area contributed by atoms with E-state index < -0.39 is 0 Å². The number of rotatable bonds is 4. The molecule has 0 radical (unpaired) electrons. The molecule has 7 nitrogen and oxygen atoms in total. The van der Waals surface area contributed by atoms with Crippen molar-refractivity contribution in [1.82, 2.24) is 15.0 Å². The lowest BCUT2D eigenvalue weighted by Gasteiger charge is -2.30. The summed E-state index contributed by atoms with van der Waals surface area (Å²) in [6.45, 7) is 10.7. The van der Waals surface area contributed by atoms with E-state index in [1.54, 1.807) is 31.8 Å². The third kappa shape index (κ3) is 3.58. The van der Waals surface area contributed by atoms with Crippen LogP contribution in [0.4, 0.5) is 11.5 Å². The number of anilines is 1. The molecule has 1 aliphatic heterocycles. The van der Waals surface area contributed by atoms with Crippen molar-refractivity contribution in [2.24, 2.45) is 0 Å². The number of pyridine rings is 3. The van der Waals surface area contributed by atoms with E-state index in [1.807, 2.05) is 25.1 Å². The average Bonchev–Trinajstić information content (AvgIpc) is 2.73. The summed E-state index contributed by atoms with van der Waals surface area (Å²) in [7, 11) is 1.58. The number of aromatic nitrogens is 3. The molecule has 0 aliphatic carbocycles. The minimum absolute atomic E-state index is 0.540.